The number of pyridine rings is 1. The first-order valence-corrected chi connectivity index (χ1v) is 6.08. The highest BCUT2D eigenvalue weighted by Crippen LogP contribution is 2.20. The second kappa shape index (κ2) is 4.37. The summed E-state index contributed by atoms with van der Waals surface area (Å²) >= 11 is 9.48. The molecule has 0 N–H and O–H groups in total. The minimum absolute atomic E-state index is 0.543. The van der Waals surface area contributed by atoms with Crippen molar-refractivity contribution in [3.05, 3.63) is 40.8 Å². The van der Waals surface area contributed by atoms with Crippen molar-refractivity contribution in [1.29, 1.82) is 0 Å². The highest BCUT2D eigenvalue weighted by atomic mass is 79.9. The Morgan fingerprint density at radius 1 is 1.60 bits per heavy atom. The number of aromatic nitrogens is 2. The molecular formula is C11H10BrClN2. The molecule has 0 amide bonds. The van der Waals surface area contributed by atoms with Crippen molar-refractivity contribution in [1.82, 2.24) is 9.38 Å². The molecule has 0 fully saturated rings. The molecule has 0 aromatic carbocycles. The smallest absolute Gasteiger partial charge is 0.155 e. The van der Waals surface area contributed by atoms with Gasteiger partial charge in [0.1, 0.15) is 5.65 Å². The number of alkyl halides is 1. The fourth-order valence-electron chi connectivity index (χ4n) is 1.39. The van der Waals surface area contributed by atoms with Crippen molar-refractivity contribution in [2.24, 2.45) is 0 Å². The first-order chi connectivity index (χ1) is 7.22. The Morgan fingerprint density at radius 3 is 3.13 bits per heavy atom. The Labute approximate surface area is 102 Å². The zero-order valence-corrected chi connectivity index (χ0v) is 10.6. The van der Waals surface area contributed by atoms with E-state index in [1.807, 2.05) is 41.8 Å². The number of allylic oxidation sites excluding steroid dienone is 1. The first kappa shape index (κ1) is 10.7. The van der Waals surface area contributed by atoms with Crippen LogP contribution in [0.2, 0.25) is 5.15 Å². The summed E-state index contributed by atoms with van der Waals surface area (Å²) in [6.07, 6.45) is 4.00. The maximum absolute atomic E-state index is 6.08. The Hall–Kier alpha value is -0.800. The molecule has 0 radical (unpaired) electrons. The van der Waals surface area contributed by atoms with Crippen LogP contribution in [0, 0.1) is 0 Å². The number of hydrogen-bond acceptors (Lipinski definition) is 1. The molecule has 0 unspecified atom stereocenters. The molecule has 0 aliphatic carbocycles. The number of fused-ring (bicyclic) bond motifs is 1. The summed E-state index contributed by atoms with van der Waals surface area (Å²) in [7, 11) is 0. The molecule has 0 aliphatic rings. The van der Waals surface area contributed by atoms with Gasteiger partial charge in [-0.15, -0.1) is 0 Å². The first-order valence-electron chi connectivity index (χ1n) is 4.58. The molecule has 15 heavy (non-hydrogen) atoms. The summed E-state index contributed by atoms with van der Waals surface area (Å²) in [5, 5.41) is 1.38. The molecule has 2 aromatic rings. The van der Waals surface area contributed by atoms with E-state index in [1.54, 1.807) is 0 Å². The van der Waals surface area contributed by atoms with Crippen LogP contribution in [0.1, 0.15) is 12.6 Å². The standard InChI is InChI=1S/C11H10BrClN2/c1-8(7-12)6-9-11(13)14-10-4-2-3-5-15(9)10/h2-6H,7H2,1H3. The van der Waals surface area contributed by atoms with Crippen LogP contribution in [0.5, 0.6) is 0 Å². The third-order valence-corrected chi connectivity index (χ3v) is 3.28. The van der Waals surface area contributed by atoms with E-state index >= 15 is 0 Å². The Balaban J connectivity index is 2.64. The Bertz CT molecular complexity index is 516. The fraction of sp³-hybridized carbons (Fsp3) is 0.182. The maximum Gasteiger partial charge on any atom is 0.155 e. The molecule has 2 nitrogen and oxygen atoms in total. The molecule has 4 heteroatoms. The van der Waals surface area contributed by atoms with E-state index in [0.29, 0.717) is 5.15 Å². The van der Waals surface area contributed by atoms with Crippen molar-refractivity contribution in [2.45, 2.75) is 6.92 Å². The lowest BCUT2D eigenvalue weighted by Gasteiger charge is -1.97. The molecule has 2 rings (SSSR count). The minimum atomic E-state index is 0.543. The van der Waals surface area contributed by atoms with E-state index in [0.717, 1.165) is 16.7 Å². The summed E-state index contributed by atoms with van der Waals surface area (Å²) in [6.45, 7) is 2.05. The van der Waals surface area contributed by atoms with E-state index in [1.165, 1.54) is 5.57 Å². The summed E-state index contributed by atoms with van der Waals surface area (Å²) in [5.41, 5.74) is 3.02. The quantitative estimate of drug-likeness (QED) is 0.768. The molecule has 78 valence electrons. The van der Waals surface area contributed by atoms with Crippen LogP contribution in [0.3, 0.4) is 0 Å². The van der Waals surface area contributed by atoms with Crippen molar-refractivity contribution in [3.63, 3.8) is 0 Å². The normalized spacial score (nSPS) is 12.3. The molecule has 0 saturated carbocycles. The molecule has 0 atom stereocenters. The van der Waals surface area contributed by atoms with E-state index in [9.17, 15) is 0 Å². The van der Waals surface area contributed by atoms with Gasteiger partial charge in [-0.05, 0) is 25.1 Å². The van der Waals surface area contributed by atoms with Gasteiger partial charge < -0.3 is 0 Å². The molecule has 0 aliphatic heterocycles. The fourth-order valence-corrected chi connectivity index (χ4v) is 1.78. The minimum Gasteiger partial charge on any atom is -0.299 e. The van der Waals surface area contributed by atoms with Gasteiger partial charge in [-0.3, -0.25) is 4.40 Å². The zero-order valence-electron chi connectivity index (χ0n) is 8.24. The van der Waals surface area contributed by atoms with Crippen molar-refractivity contribution < 1.29 is 0 Å². The van der Waals surface area contributed by atoms with Crippen LogP contribution in [0.25, 0.3) is 11.7 Å². The van der Waals surface area contributed by atoms with E-state index in [4.69, 9.17) is 11.6 Å². The van der Waals surface area contributed by atoms with Crippen LogP contribution in [-0.2, 0) is 0 Å². The Morgan fingerprint density at radius 2 is 2.40 bits per heavy atom. The van der Waals surface area contributed by atoms with Gasteiger partial charge in [0.15, 0.2) is 5.15 Å². The van der Waals surface area contributed by atoms with Crippen molar-refractivity contribution in [3.8, 4) is 0 Å². The van der Waals surface area contributed by atoms with Crippen LogP contribution in [0.15, 0.2) is 30.0 Å². The van der Waals surface area contributed by atoms with Gasteiger partial charge >= 0.3 is 0 Å². The van der Waals surface area contributed by atoms with Crippen LogP contribution < -0.4 is 0 Å². The monoisotopic (exact) mass is 284 g/mol. The lowest BCUT2D eigenvalue weighted by Crippen LogP contribution is -1.87. The van der Waals surface area contributed by atoms with Crippen LogP contribution in [-0.4, -0.2) is 14.7 Å². The topological polar surface area (TPSA) is 17.3 Å². The lowest BCUT2D eigenvalue weighted by molar-refractivity contribution is 1.16. The predicted molar refractivity (Wildman–Crippen MR) is 67.6 cm³/mol. The van der Waals surface area contributed by atoms with Crippen molar-refractivity contribution in [2.75, 3.05) is 5.33 Å². The number of rotatable bonds is 2. The van der Waals surface area contributed by atoms with Gasteiger partial charge in [-0.25, -0.2) is 4.98 Å². The summed E-state index contributed by atoms with van der Waals surface area (Å²) in [4.78, 5) is 4.27. The van der Waals surface area contributed by atoms with Crippen LogP contribution >= 0.6 is 27.5 Å². The summed E-state index contributed by atoms with van der Waals surface area (Å²) in [6, 6.07) is 5.85. The molecule has 2 aromatic heterocycles. The van der Waals surface area contributed by atoms with Gasteiger partial charge in [0.25, 0.3) is 0 Å². The summed E-state index contributed by atoms with van der Waals surface area (Å²) < 4.78 is 1.98. The Kier molecular flexibility index (Phi) is 3.12. The SMILES string of the molecule is CC(=Cc1c(Cl)nc2ccccn12)CBr. The molecule has 0 bridgehead atoms. The number of nitrogens with zero attached hydrogens (tertiary/aromatic N) is 2. The molecular weight excluding hydrogens is 275 g/mol. The average molecular weight is 286 g/mol. The third kappa shape index (κ3) is 2.08. The van der Waals surface area contributed by atoms with Gasteiger partial charge in [0.2, 0.25) is 0 Å². The van der Waals surface area contributed by atoms with E-state index in [2.05, 4.69) is 20.9 Å². The molecule has 0 spiro atoms. The molecule has 0 saturated heterocycles. The number of hydrogen-bond donors (Lipinski definition) is 0. The number of imidazole rings is 1. The second-order valence-corrected chi connectivity index (χ2v) is 4.26. The highest BCUT2D eigenvalue weighted by molar-refractivity contribution is 9.09. The number of halogens is 2. The second-order valence-electron chi connectivity index (χ2n) is 3.34. The zero-order chi connectivity index (χ0) is 10.8. The van der Waals surface area contributed by atoms with E-state index in [-0.39, 0.29) is 0 Å². The third-order valence-electron chi connectivity index (χ3n) is 2.12. The van der Waals surface area contributed by atoms with Gasteiger partial charge in [0, 0.05) is 11.5 Å². The van der Waals surface area contributed by atoms with Crippen molar-refractivity contribution >= 4 is 39.3 Å². The average Bonchev–Trinajstić information content (AvgIpc) is 2.55. The summed E-state index contributed by atoms with van der Waals surface area (Å²) in [5.74, 6) is 0. The van der Waals surface area contributed by atoms with Crippen LogP contribution in [0.4, 0.5) is 0 Å². The lowest BCUT2D eigenvalue weighted by atomic mass is 10.3. The van der Waals surface area contributed by atoms with Gasteiger partial charge in [-0.1, -0.05) is 39.2 Å². The van der Waals surface area contributed by atoms with E-state index < -0.39 is 0 Å². The van der Waals surface area contributed by atoms with Gasteiger partial charge in [-0.2, -0.15) is 0 Å². The maximum atomic E-state index is 6.08. The predicted octanol–water partition coefficient (Wildman–Crippen LogP) is 3.79. The molecule has 2 heterocycles. The largest absolute Gasteiger partial charge is 0.299 e. The van der Waals surface area contributed by atoms with Gasteiger partial charge in [0.05, 0.1) is 5.69 Å². The highest BCUT2D eigenvalue weighted by Gasteiger charge is 2.06.